The summed E-state index contributed by atoms with van der Waals surface area (Å²) in [5, 5.41) is 11.6. The standard InChI is InChI=1S/C10H8ClN3/c11-9-7-12-14-13-10(9)6-8-4-2-1-3-5-8/h1-5,7H,6H2. The molecule has 0 spiro atoms. The van der Waals surface area contributed by atoms with Crippen LogP contribution in [0.4, 0.5) is 0 Å². The monoisotopic (exact) mass is 205 g/mol. The van der Waals surface area contributed by atoms with Gasteiger partial charge in [0.15, 0.2) is 0 Å². The topological polar surface area (TPSA) is 38.7 Å². The molecule has 4 heteroatoms. The molecule has 2 aromatic rings. The van der Waals surface area contributed by atoms with E-state index in [2.05, 4.69) is 15.4 Å². The molecule has 0 N–H and O–H groups in total. The number of halogens is 1. The second-order valence-corrected chi connectivity index (χ2v) is 3.30. The molecule has 0 radical (unpaired) electrons. The van der Waals surface area contributed by atoms with Crippen LogP contribution < -0.4 is 0 Å². The highest BCUT2D eigenvalue weighted by Crippen LogP contribution is 2.14. The van der Waals surface area contributed by atoms with Gasteiger partial charge in [0, 0.05) is 6.42 Å². The van der Waals surface area contributed by atoms with Gasteiger partial charge in [0.05, 0.1) is 16.9 Å². The van der Waals surface area contributed by atoms with Gasteiger partial charge in [0.2, 0.25) is 0 Å². The second kappa shape index (κ2) is 4.15. The molecule has 14 heavy (non-hydrogen) atoms. The van der Waals surface area contributed by atoms with Crippen molar-refractivity contribution in [1.82, 2.24) is 15.4 Å². The lowest BCUT2D eigenvalue weighted by atomic mass is 10.1. The van der Waals surface area contributed by atoms with Crippen molar-refractivity contribution in [3.63, 3.8) is 0 Å². The fourth-order valence-corrected chi connectivity index (χ4v) is 1.34. The molecule has 0 amide bonds. The van der Waals surface area contributed by atoms with Gasteiger partial charge in [-0.15, -0.1) is 10.2 Å². The first-order valence-electron chi connectivity index (χ1n) is 4.23. The van der Waals surface area contributed by atoms with Gasteiger partial charge in [-0.05, 0) is 10.8 Å². The molecule has 2 rings (SSSR count). The molecule has 1 aromatic heterocycles. The highest BCUT2D eigenvalue weighted by Gasteiger charge is 2.02. The summed E-state index contributed by atoms with van der Waals surface area (Å²) in [6, 6.07) is 10.00. The Morgan fingerprint density at radius 1 is 1.14 bits per heavy atom. The molecule has 0 saturated carbocycles. The summed E-state index contributed by atoms with van der Waals surface area (Å²) in [5.41, 5.74) is 1.92. The molecule has 0 bridgehead atoms. The first-order valence-corrected chi connectivity index (χ1v) is 4.61. The Bertz CT molecular complexity index is 417. The third kappa shape index (κ3) is 2.06. The average Bonchev–Trinajstić information content (AvgIpc) is 2.23. The zero-order chi connectivity index (χ0) is 9.80. The maximum absolute atomic E-state index is 5.91. The lowest BCUT2D eigenvalue weighted by Crippen LogP contribution is -1.97. The van der Waals surface area contributed by atoms with Crippen LogP contribution in [0.2, 0.25) is 5.02 Å². The van der Waals surface area contributed by atoms with Gasteiger partial charge in [0.1, 0.15) is 0 Å². The highest BCUT2D eigenvalue weighted by molar-refractivity contribution is 6.31. The van der Waals surface area contributed by atoms with Crippen LogP contribution in [-0.2, 0) is 6.42 Å². The van der Waals surface area contributed by atoms with E-state index >= 15 is 0 Å². The van der Waals surface area contributed by atoms with Crippen LogP contribution in [-0.4, -0.2) is 15.4 Å². The zero-order valence-corrected chi connectivity index (χ0v) is 8.15. The van der Waals surface area contributed by atoms with Crippen LogP contribution in [0.15, 0.2) is 36.5 Å². The molecular weight excluding hydrogens is 198 g/mol. The molecule has 0 fully saturated rings. The fourth-order valence-electron chi connectivity index (χ4n) is 1.19. The maximum atomic E-state index is 5.91. The predicted molar refractivity (Wildman–Crippen MR) is 54.1 cm³/mol. The number of benzene rings is 1. The van der Waals surface area contributed by atoms with Crippen LogP contribution >= 0.6 is 11.6 Å². The minimum atomic E-state index is 0.559. The zero-order valence-electron chi connectivity index (χ0n) is 7.39. The number of hydrogen-bond donors (Lipinski definition) is 0. The van der Waals surface area contributed by atoms with Crippen molar-refractivity contribution >= 4 is 11.6 Å². The van der Waals surface area contributed by atoms with E-state index in [1.165, 1.54) is 6.20 Å². The van der Waals surface area contributed by atoms with Gasteiger partial charge in [-0.1, -0.05) is 41.9 Å². The van der Waals surface area contributed by atoms with Crippen molar-refractivity contribution in [3.05, 3.63) is 52.8 Å². The molecular formula is C10H8ClN3. The average molecular weight is 206 g/mol. The Morgan fingerprint density at radius 2 is 1.93 bits per heavy atom. The van der Waals surface area contributed by atoms with E-state index in [0.29, 0.717) is 11.4 Å². The van der Waals surface area contributed by atoms with E-state index in [0.717, 1.165) is 11.3 Å². The summed E-state index contributed by atoms with van der Waals surface area (Å²) in [6.07, 6.45) is 2.20. The molecule has 0 unspecified atom stereocenters. The number of hydrogen-bond acceptors (Lipinski definition) is 3. The molecule has 3 nitrogen and oxygen atoms in total. The molecule has 1 aromatic carbocycles. The lowest BCUT2D eigenvalue weighted by molar-refractivity contribution is 0.821. The minimum Gasteiger partial charge on any atom is -0.137 e. The van der Waals surface area contributed by atoms with Crippen LogP contribution in [0.3, 0.4) is 0 Å². The molecule has 0 aliphatic rings. The Labute approximate surface area is 86.8 Å². The van der Waals surface area contributed by atoms with Crippen molar-refractivity contribution in [1.29, 1.82) is 0 Å². The van der Waals surface area contributed by atoms with Gasteiger partial charge in [-0.2, -0.15) is 0 Å². The van der Waals surface area contributed by atoms with Gasteiger partial charge in [0.25, 0.3) is 0 Å². The van der Waals surface area contributed by atoms with Gasteiger partial charge >= 0.3 is 0 Å². The molecule has 0 atom stereocenters. The Kier molecular flexibility index (Phi) is 2.70. The van der Waals surface area contributed by atoms with Crippen LogP contribution in [0.5, 0.6) is 0 Å². The SMILES string of the molecule is Clc1cnnnc1Cc1ccccc1. The summed E-state index contributed by atoms with van der Waals surface area (Å²) in [6.45, 7) is 0. The summed E-state index contributed by atoms with van der Waals surface area (Å²) < 4.78 is 0. The van der Waals surface area contributed by atoms with Crippen LogP contribution in [0.25, 0.3) is 0 Å². The van der Waals surface area contributed by atoms with E-state index in [1.807, 2.05) is 30.3 Å². The molecule has 1 heterocycles. The summed E-state index contributed by atoms with van der Waals surface area (Å²) in [4.78, 5) is 0. The Morgan fingerprint density at radius 3 is 2.64 bits per heavy atom. The lowest BCUT2D eigenvalue weighted by Gasteiger charge is -2.00. The Hall–Kier alpha value is -1.48. The minimum absolute atomic E-state index is 0.559. The summed E-state index contributed by atoms with van der Waals surface area (Å²) in [5.74, 6) is 0. The van der Waals surface area contributed by atoms with Gasteiger partial charge < -0.3 is 0 Å². The molecule has 70 valence electrons. The first kappa shape index (κ1) is 9.09. The quantitative estimate of drug-likeness (QED) is 0.754. The number of aromatic nitrogens is 3. The van der Waals surface area contributed by atoms with Crippen molar-refractivity contribution in [3.8, 4) is 0 Å². The van der Waals surface area contributed by atoms with E-state index in [9.17, 15) is 0 Å². The number of rotatable bonds is 2. The molecule has 0 aliphatic carbocycles. The van der Waals surface area contributed by atoms with Crippen LogP contribution in [0, 0.1) is 0 Å². The molecule has 0 aliphatic heterocycles. The smallest absolute Gasteiger partial charge is 0.0894 e. The van der Waals surface area contributed by atoms with E-state index in [-0.39, 0.29) is 0 Å². The maximum Gasteiger partial charge on any atom is 0.0894 e. The Balaban J connectivity index is 2.24. The second-order valence-electron chi connectivity index (χ2n) is 2.89. The van der Waals surface area contributed by atoms with Gasteiger partial charge in [-0.3, -0.25) is 0 Å². The third-order valence-electron chi connectivity index (χ3n) is 1.88. The van der Waals surface area contributed by atoms with E-state index in [1.54, 1.807) is 0 Å². The summed E-state index contributed by atoms with van der Waals surface area (Å²) >= 11 is 5.91. The first-order chi connectivity index (χ1) is 6.86. The van der Waals surface area contributed by atoms with Gasteiger partial charge in [-0.25, -0.2) is 0 Å². The fraction of sp³-hybridized carbons (Fsp3) is 0.100. The third-order valence-corrected chi connectivity index (χ3v) is 2.19. The van der Waals surface area contributed by atoms with Crippen molar-refractivity contribution in [2.45, 2.75) is 6.42 Å². The van der Waals surface area contributed by atoms with E-state index < -0.39 is 0 Å². The molecule has 0 saturated heterocycles. The van der Waals surface area contributed by atoms with Crippen LogP contribution in [0.1, 0.15) is 11.3 Å². The highest BCUT2D eigenvalue weighted by atomic mass is 35.5. The van der Waals surface area contributed by atoms with Crippen molar-refractivity contribution < 1.29 is 0 Å². The van der Waals surface area contributed by atoms with Crippen molar-refractivity contribution in [2.75, 3.05) is 0 Å². The van der Waals surface area contributed by atoms with Crippen molar-refractivity contribution in [2.24, 2.45) is 0 Å². The predicted octanol–water partition coefficient (Wildman–Crippen LogP) is 2.12. The summed E-state index contributed by atoms with van der Waals surface area (Å²) in [7, 11) is 0. The largest absolute Gasteiger partial charge is 0.137 e. The number of nitrogens with zero attached hydrogens (tertiary/aromatic N) is 3. The van der Waals surface area contributed by atoms with E-state index in [4.69, 9.17) is 11.6 Å². The normalized spacial score (nSPS) is 10.1.